The number of fused-ring (bicyclic) bond motifs is 4. The summed E-state index contributed by atoms with van der Waals surface area (Å²) in [4.78, 5) is 58.3. The number of anilines is 1. The number of imide groups is 1. The predicted octanol–water partition coefficient (Wildman–Crippen LogP) is 6.26. The minimum atomic E-state index is -1.30. The van der Waals surface area contributed by atoms with E-state index in [9.17, 15) is 24.3 Å². The van der Waals surface area contributed by atoms with Gasteiger partial charge in [-0.2, -0.15) is 0 Å². The second-order valence-corrected chi connectivity index (χ2v) is 16.8. The quantitative estimate of drug-likeness (QED) is 0.104. The normalized spacial score (nSPS) is 18.6. The average Bonchev–Trinajstić information content (AvgIpc) is 3.31. The highest BCUT2D eigenvalue weighted by Crippen LogP contribution is 2.52. The van der Waals surface area contributed by atoms with Crippen molar-refractivity contribution in [3.05, 3.63) is 76.7 Å². The molecule has 1 N–H and O–H groups in total. The van der Waals surface area contributed by atoms with E-state index in [1.165, 1.54) is 22.2 Å². The van der Waals surface area contributed by atoms with Crippen LogP contribution in [-0.2, 0) is 44.9 Å². The van der Waals surface area contributed by atoms with Gasteiger partial charge >= 0.3 is 11.9 Å². The smallest absolute Gasteiger partial charge is 0.343 e. The highest BCUT2D eigenvalue weighted by atomic mass is 35.5. The molecule has 9 rings (SSSR count). The zero-order chi connectivity index (χ0) is 37.4. The maximum Gasteiger partial charge on any atom is 0.343 e. The first-order chi connectivity index (χ1) is 26.1. The summed E-state index contributed by atoms with van der Waals surface area (Å²) in [7, 11) is 0. The lowest BCUT2D eigenvalue weighted by molar-refractivity contribution is -0.195. The topological polar surface area (TPSA) is 116 Å². The summed E-state index contributed by atoms with van der Waals surface area (Å²) < 4.78 is 9.67. The van der Waals surface area contributed by atoms with Crippen LogP contribution in [0.4, 0.5) is 5.69 Å². The van der Waals surface area contributed by atoms with Gasteiger partial charge in [0.25, 0.3) is 11.8 Å². The first-order valence-corrected chi connectivity index (χ1v) is 20.8. The minimum absolute atomic E-state index is 0.0251. The van der Waals surface area contributed by atoms with Crippen molar-refractivity contribution in [2.75, 3.05) is 36.8 Å². The molecular weight excluding hydrogens is 773 g/mol. The number of carboxylic acids is 1. The van der Waals surface area contributed by atoms with E-state index in [1.54, 1.807) is 0 Å². The van der Waals surface area contributed by atoms with Gasteiger partial charge in [-0.1, -0.05) is 34.8 Å². The number of hydrogen-bond donors (Lipinski definition) is 1. The molecule has 0 aromatic heterocycles. The molecule has 54 heavy (non-hydrogen) atoms. The van der Waals surface area contributed by atoms with Crippen LogP contribution in [0.3, 0.4) is 0 Å². The lowest BCUT2D eigenvalue weighted by atomic mass is 9.83. The summed E-state index contributed by atoms with van der Waals surface area (Å²) in [5, 5.41) is 13.0. The molecule has 6 heterocycles. The largest absolute Gasteiger partial charge is 0.478 e. The minimum Gasteiger partial charge on any atom is -0.478 e. The lowest BCUT2D eigenvalue weighted by Crippen LogP contribution is -2.41. The maximum atomic E-state index is 13.3. The van der Waals surface area contributed by atoms with E-state index < -0.39 is 23.8 Å². The van der Waals surface area contributed by atoms with Crippen molar-refractivity contribution < 1.29 is 33.9 Å². The van der Waals surface area contributed by atoms with Gasteiger partial charge in [-0.25, -0.2) is 14.2 Å². The highest BCUT2D eigenvalue weighted by molar-refractivity contribution is 8.00. The van der Waals surface area contributed by atoms with Gasteiger partial charge in [0.15, 0.2) is 0 Å². The van der Waals surface area contributed by atoms with Gasteiger partial charge in [0, 0.05) is 82.4 Å². The molecule has 1 saturated heterocycles. The van der Waals surface area contributed by atoms with Gasteiger partial charge in [-0.05, 0) is 69.1 Å². The molecular formula is C40H37Cl3N3O7S+. The molecule has 6 aliphatic heterocycles. The standard InChI is InChI=1S/C40H36Cl3N3O7S/c41-32-31(40(50)51)30(33(42)39(34(32)43)54-19-28(49)53-46-26(47)11-12-27(46)48)29-24-17-20-7-1-3-13-44-15-5-9-22(35(20)44)37(24)52-38-23-10-6-16-45-14-4-2-8-21(36(23)45)18-25(29)38/h17-18H,1-16,19H2/p+1. The molecule has 0 aliphatic carbocycles. The first-order valence-electron chi connectivity index (χ1n) is 18.7. The molecule has 0 radical (unpaired) electrons. The van der Waals surface area contributed by atoms with Crippen molar-refractivity contribution in [1.82, 2.24) is 9.64 Å². The number of ether oxygens (including phenoxy) is 1. The number of carbonyl (C=O) groups is 4. The molecule has 3 aromatic carbocycles. The van der Waals surface area contributed by atoms with Crippen LogP contribution in [-0.4, -0.2) is 65.9 Å². The lowest BCUT2D eigenvalue weighted by Gasteiger charge is -2.36. The Bertz CT molecular complexity index is 2350. The Balaban J connectivity index is 1.31. The second kappa shape index (κ2) is 14.1. The van der Waals surface area contributed by atoms with Gasteiger partial charge in [0.2, 0.25) is 5.36 Å². The first kappa shape index (κ1) is 35.9. The third-order valence-corrected chi connectivity index (χ3v) is 14.0. The Morgan fingerprint density at radius 2 is 1.54 bits per heavy atom. The molecule has 0 saturated carbocycles. The van der Waals surface area contributed by atoms with E-state index in [0.29, 0.717) is 10.6 Å². The summed E-state index contributed by atoms with van der Waals surface area (Å²) in [6.45, 7) is 3.91. The second-order valence-electron chi connectivity index (χ2n) is 14.7. The molecule has 10 nitrogen and oxygen atoms in total. The molecule has 6 aliphatic rings. The van der Waals surface area contributed by atoms with Crippen molar-refractivity contribution in [1.29, 1.82) is 0 Å². The van der Waals surface area contributed by atoms with Gasteiger partial charge in [0.1, 0.15) is 24.6 Å². The number of benzene rings is 3. The molecule has 2 amide bonds. The van der Waals surface area contributed by atoms with Crippen LogP contribution in [0.1, 0.15) is 95.1 Å². The third-order valence-electron chi connectivity index (χ3n) is 11.5. The summed E-state index contributed by atoms with van der Waals surface area (Å²) in [6, 6.07) is 4.33. The fourth-order valence-electron chi connectivity index (χ4n) is 9.22. The Labute approximate surface area is 330 Å². The molecule has 0 bridgehead atoms. The number of carboxylic acid groups (broad SMARTS) is 1. The zero-order valence-corrected chi connectivity index (χ0v) is 32.5. The Kier molecular flexibility index (Phi) is 9.35. The van der Waals surface area contributed by atoms with Crippen LogP contribution in [0.25, 0.3) is 5.57 Å². The van der Waals surface area contributed by atoms with E-state index in [0.717, 1.165) is 136 Å². The highest BCUT2D eigenvalue weighted by Gasteiger charge is 2.39. The number of hydrogen-bond acceptors (Lipinski definition) is 8. The van der Waals surface area contributed by atoms with E-state index in [2.05, 4.69) is 21.6 Å². The van der Waals surface area contributed by atoms with Crippen LogP contribution >= 0.6 is 46.6 Å². The van der Waals surface area contributed by atoms with Gasteiger partial charge in [-0.3, -0.25) is 9.59 Å². The van der Waals surface area contributed by atoms with Crippen LogP contribution < -0.4 is 24.8 Å². The summed E-state index contributed by atoms with van der Waals surface area (Å²) in [5.74, 6) is -2.30. The molecule has 14 heteroatoms. The number of amides is 2. The molecule has 1 fully saturated rings. The zero-order valence-electron chi connectivity index (χ0n) is 29.5. The van der Waals surface area contributed by atoms with Crippen molar-refractivity contribution in [3.8, 4) is 11.5 Å². The van der Waals surface area contributed by atoms with Crippen LogP contribution in [0.5, 0.6) is 11.5 Å². The fourth-order valence-corrected chi connectivity index (χ4v) is 11.2. The van der Waals surface area contributed by atoms with Crippen LogP contribution in [0.15, 0.2) is 17.0 Å². The van der Waals surface area contributed by atoms with Gasteiger partial charge in [0.05, 0.1) is 31.9 Å². The Hall–Kier alpha value is -3.77. The van der Waals surface area contributed by atoms with Crippen molar-refractivity contribution in [2.45, 2.75) is 81.9 Å². The van der Waals surface area contributed by atoms with Gasteiger partial charge in [-0.15, -0.1) is 16.8 Å². The van der Waals surface area contributed by atoms with Gasteiger partial charge < -0.3 is 19.6 Å². The summed E-state index contributed by atoms with van der Waals surface area (Å²) in [6.07, 6.45) is 9.48. The average molecular weight is 810 g/mol. The molecule has 3 aromatic rings. The molecule has 0 spiro atoms. The van der Waals surface area contributed by atoms with E-state index in [1.807, 2.05) is 0 Å². The molecule has 0 unspecified atom stereocenters. The number of halogens is 3. The van der Waals surface area contributed by atoms with E-state index >= 15 is 0 Å². The number of thioether (sulfide) groups is 1. The number of aryl methyl sites for hydroxylation is 2. The maximum absolute atomic E-state index is 13.3. The van der Waals surface area contributed by atoms with Crippen molar-refractivity contribution in [3.63, 3.8) is 0 Å². The Morgan fingerprint density at radius 3 is 2.33 bits per heavy atom. The molecule has 280 valence electrons. The fraction of sp³-hybridized carbons (Fsp3) is 0.425. The summed E-state index contributed by atoms with van der Waals surface area (Å²) >= 11 is 22.0. The number of nitrogens with zero attached hydrogens (tertiary/aromatic N) is 3. The van der Waals surface area contributed by atoms with Crippen molar-refractivity contribution in [2.24, 2.45) is 0 Å². The van der Waals surface area contributed by atoms with E-state index in [4.69, 9.17) is 44.4 Å². The Morgan fingerprint density at radius 1 is 0.815 bits per heavy atom. The predicted molar refractivity (Wildman–Crippen MR) is 206 cm³/mol. The number of aromatic carboxylic acids is 1. The monoisotopic (exact) mass is 808 g/mol. The molecule has 0 atom stereocenters. The SMILES string of the molecule is O=C(CSc1c(Cl)c(Cl)c(C(=O)O)c(C2=c3cc4c5c(c3Oc3c2cc2c6c3CCCN6CCCC2)CCC[N+]=5CCCC4)c1Cl)ON1C(=O)CCC1=O. The van der Waals surface area contributed by atoms with E-state index in [-0.39, 0.29) is 49.7 Å². The van der Waals surface area contributed by atoms with Crippen LogP contribution in [0, 0.1) is 0 Å². The third kappa shape index (κ3) is 5.80. The van der Waals surface area contributed by atoms with Crippen molar-refractivity contribution >= 4 is 81.6 Å². The van der Waals surface area contributed by atoms with Crippen LogP contribution in [0.2, 0.25) is 15.1 Å². The number of rotatable bonds is 6. The number of carbonyl (C=O) groups excluding carboxylic acids is 3. The summed E-state index contributed by atoms with van der Waals surface area (Å²) in [5.41, 5.74) is 7.23. The number of hydroxylamine groups is 2.